The van der Waals surface area contributed by atoms with Crippen LogP contribution in [0.2, 0.25) is 0 Å². The largest absolute Gasteiger partial charge is 0.472 e. The molecule has 0 amide bonds. The third-order valence-electron chi connectivity index (χ3n) is 19.2. The number of phosphoric acid groups is 2. The number of hydrogen-bond donors (Lipinski definition) is 3. The molecule has 0 bridgehead atoms. The van der Waals surface area contributed by atoms with Crippen molar-refractivity contribution in [2.24, 2.45) is 11.8 Å². The van der Waals surface area contributed by atoms with Crippen LogP contribution in [0.15, 0.2) is 0 Å². The summed E-state index contributed by atoms with van der Waals surface area (Å²) in [6.45, 7) is 9.63. The standard InChI is InChI=1S/C82H160O17P2/c1-7-9-11-13-15-17-19-20-21-22-23-24-25-26-27-32-36-42-48-54-60-66-81(86)98-77(70-93-80(85)65-59-53-47-41-35-31-29-28-30-34-38-44-50-56-62-74(3)4)72-96-100(88,89)94-68-76(83)69-95-101(90,91)97-73-78(71-92-79(84)64-58-52-46-40-33-18-16-14-12-10-8-2)99-82(87)67-61-55-49-43-37-39-45-51-57-63-75(5)6/h74-78,83H,7-73H2,1-6H3,(H,88,89)(H,90,91)/t76-,77-,78-/m1/s1. The van der Waals surface area contributed by atoms with E-state index in [1.54, 1.807) is 0 Å². The Bertz CT molecular complexity index is 1940. The molecule has 0 aliphatic rings. The van der Waals surface area contributed by atoms with Gasteiger partial charge in [-0.2, -0.15) is 0 Å². The van der Waals surface area contributed by atoms with E-state index in [4.69, 9.17) is 37.0 Å². The van der Waals surface area contributed by atoms with Gasteiger partial charge in [0.2, 0.25) is 0 Å². The Balaban J connectivity index is 5.22. The Kier molecular flexibility index (Phi) is 72.2. The first-order valence-electron chi connectivity index (χ1n) is 42.5. The summed E-state index contributed by atoms with van der Waals surface area (Å²) in [6, 6.07) is 0. The zero-order valence-electron chi connectivity index (χ0n) is 66.2. The Morgan fingerprint density at radius 2 is 0.455 bits per heavy atom. The Morgan fingerprint density at radius 1 is 0.267 bits per heavy atom. The predicted molar refractivity (Wildman–Crippen MR) is 414 cm³/mol. The van der Waals surface area contributed by atoms with E-state index >= 15 is 0 Å². The maximum atomic E-state index is 13.1. The fourth-order valence-corrected chi connectivity index (χ4v) is 14.3. The van der Waals surface area contributed by atoms with Crippen LogP contribution in [0.4, 0.5) is 0 Å². The van der Waals surface area contributed by atoms with Gasteiger partial charge < -0.3 is 33.8 Å². The Hall–Kier alpha value is -1.94. The van der Waals surface area contributed by atoms with Crippen molar-refractivity contribution in [1.29, 1.82) is 0 Å². The van der Waals surface area contributed by atoms with Gasteiger partial charge in [0, 0.05) is 25.7 Å². The van der Waals surface area contributed by atoms with Crippen LogP contribution in [0.3, 0.4) is 0 Å². The summed E-state index contributed by atoms with van der Waals surface area (Å²) in [5, 5.41) is 10.6. The molecule has 0 saturated carbocycles. The van der Waals surface area contributed by atoms with Crippen LogP contribution < -0.4 is 0 Å². The summed E-state index contributed by atoms with van der Waals surface area (Å²) in [5.41, 5.74) is 0. The number of aliphatic hydroxyl groups is 1. The molecule has 0 heterocycles. The van der Waals surface area contributed by atoms with Crippen molar-refractivity contribution in [3.8, 4) is 0 Å². The molecule has 0 rings (SSSR count). The van der Waals surface area contributed by atoms with E-state index in [0.29, 0.717) is 25.7 Å². The van der Waals surface area contributed by atoms with E-state index in [9.17, 15) is 43.2 Å². The predicted octanol–water partition coefficient (Wildman–Crippen LogP) is 24.7. The molecule has 0 aromatic rings. The molecule has 0 aliphatic carbocycles. The molecule has 0 radical (unpaired) electrons. The van der Waals surface area contributed by atoms with E-state index < -0.39 is 97.5 Å². The lowest BCUT2D eigenvalue weighted by Crippen LogP contribution is -2.30. The van der Waals surface area contributed by atoms with Crippen LogP contribution in [-0.2, 0) is 65.4 Å². The van der Waals surface area contributed by atoms with Crippen LogP contribution in [0, 0.1) is 11.8 Å². The SMILES string of the molecule is CCCCCCCCCCCCCCCCCCCCCCCC(=O)O[C@H](COC(=O)CCCCCCCCCCCCCCCCC(C)C)COP(=O)(O)OC[C@@H](O)COP(=O)(O)OC[C@@H](COC(=O)CCCCCCCCCCCCC)OC(=O)CCCCCCCCCCCC(C)C. The van der Waals surface area contributed by atoms with Crippen molar-refractivity contribution < 1.29 is 80.2 Å². The number of hydrogen-bond acceptors (Lipinski definition) is 15. The summed E-state index contributed by atoms with van der Waals surface area (Å²) in [6.07, 6.45) is 63.9. The molecule has 0 aromatic heterocycles. The minimum absolute atomic E-state index is 0.106. The highest BCUT2D eigenvalue weighted by atomic mass is 31.2. The number of carbonyl (C=O) groups excluding carboxylic acids is 4. The normalized spacial score (nSPS) is 13.9. The molecular formula is C82H160O17P2. The van der Waals surface area contributed by atoms with Crippen LogP contribution in [0.5, 0.6) is 0 Å². The third kappa shape index (κ3) is 76.1. The zero-order valence-corrected chi connectivity index (χ0v) is 68.0. The highest BCUT2D eigenvalue weighted by molar-refractivity contribution is 7.47. The fraction of sp³-hybridized carbons (Fsp3) is 0.951. The van der Waals surface area contributed by atoms with Gasteiger partial charge in [-0.25, -0.2) is 9.13 Å². The lowest BCUT2D eigenvalue weighted by atomic mass is 10.0. The number of rotatable bonds is 81. The molecule has 0 aromatic carbocycles. The number of aliphatic hydroxyl groups excluding tert-OH is 1. The molecule has 5 atom stereocenters. The van der Waals surface area contributed by atoms with Gasteiger partial charge >= 0.3 is 39.5 Å². The molecule has 0 aliphatic heterocycles. The number of carbonyl (C=O) groups is 4. The lowest BCUT2D eigenvalue weighted by molar-refractivity contribution is -0.161. The summed E-state index contributed by atoms with van der Waals surface area (Å²) in [7, 11) is -9.92. The van der Waals surface area contributed by atoms with Crippen molar-refractivity contribution in [3.63, 3.8) is 0 Å². The Labute approximate surface area is 619 Å². The average molecular weight is 1480 g/mol. The maximum absolute atomic E-state index is 13.1. The number of phosphoric ester groups is 2. The van der Waals surface area contributed by atoms with Gasteiger partial charge in [-0.1, -0.05) is 382 Å². The third-order valence-corrected chi connectivity index (χ3v) is 21.1. The molecule has 19 heteroatoms. The molecule has 101 heavy (non-hydrogen) atoms. The van der Waals surface area contributed by atoms with Gasteiger partial charge in [0.1, 0.15) is 19.3 Å². The second-order valence-corrected chi connectivity index (χ2v) is 33.4. The van der Waals surface area contributed by atoms with E-state index in [2.05, 4.69) is 41.5 Å². The van der Waals surface area contributed by atoms with Gasteiger partial charge in [0.15, 0.2) is 12.2 Å². The minimum atomic E-state index is -4.96. The zero-order chi connectivity index (χ0) is 74.2. The number of unbranched alkanes of at least 4 members (excludes halogenated alkanes) is 51. The molecule has 3 N–H and O–H groups in total. The minimum Gasteiger partial charge on any atom is -0.462 e. The van der Waals surface area contributed by atoms with Crippen LogP contribution in [0.25, 0.3) is 0 Å². The molecule has 0 saturated heterocycles. The van der Waals surface area contributed by atoms with Crippen LogP contribution in [-0.4, -0.2) is 96.7 Å². The second-order valence-electron chi connectivity index (χ2n) is 30.5. The van der Waals surface area contributed by atoms with E-state index in [1.807, 2.05) is 0 Å². The van der Waals surface area contributed by atoms with E-state index in [1.165, 1.54) is 250 Å². The van der Waals surface area contributed by atoms with Gasteiger partial charge in [-0.3, -0.25) is 37.3 Å². The Morgan fingerprint density at radius 3 is 0.673 bits per heavy atom. The molecule has 0 spiro atoms. The number of esters is 4. The van der Waals surface area contributed by atoms with Crippen molar-refractivity contribution in [1.82, 2.24) is 0 Å². The molecule has 17 nitrogen and oxygen atoms in total. The summed E-state index contributed by atoms with van der Waals surface area (Å²) in [5.74, 6) is -0.572. The van der Waals surface area contributed by atoms with Gasteiger partial charge in [0.25, 0.3) is 0 Å². The molecule has 2 unspecified atom stereocenters. The van der Waals surface area contributed by atoms with Crippen molar-refractivity contribution in [3.05, 3.63) is 0 Å². The maximum Gasteiger partial charge on any atom is 0.472 e. The summed E-state index contributed by atoms with van der Waals surface area (Å²) < 4.78 is 68.7. The van der Waals surface area contributed by atoms with Crippen molar-refractivity contribution >= 4 is 39.5 Å². The average Bonchev–Trinajstić information content (AvgIpc) is 0.974. The van der Waals surface area contributed by atoms with Crippen molar-refractivity contribution in [2.45, 2.75) is 452 Å². The topological polar surface area (TPSA) is 237 Å². The van der Waals surface area contributed by atoms with Crippen LogP contribution in [0.1, 0.15) is 433 Å². The summed E-state index contributed by atoms with van der Waals surface area (Å²) >= 11 is 0. The lowest BCUT2D eigenvalue weighted by Gasteiger charge is -2.21. The monoisotopic (exact) mass is 1480 g/mol. The highest BCUT2D eigenvalue weighted by Crippen LogP contribution is 2.45. The second kappa shape index (κ2) is 73.6. The molecule has 600 valence electrons. The first-order chi connectivity index (χ1) is 48.9. The molecular weight excluding hydrogens is 1320 g/mol. The van der Waals surface area contributed by atoms with Gasteiger partial charge in [-0.05, 0) is 37.5 Å². The first-order valence-corrected chi connectivity index (χ1v) is 45.5. The van der Waals surface area contributed by atoms with E-state index in [0.717, 1.165) is 102 Å². The number of ether oxygens (including phenoxy) is 4. The smallest absolute Gasteiger partial charge is 0.462 e. The first kappa shape index (κ1) is 99.1. The molecule has 0 fully saturated rings. The van der Waals surface area contributed by atoms with Crippen LogP contribution >= 0.6 is 15.6 Å². The summed E-state index contributed by atoms with van der Waals surface area (Å²) in [4.78, 5) is 73.0. The van der Waals surface area contributed by atoms with Crippen molar-refractivity contribution in [2.75, 3.05) is 39.6 Å². The highest BCUT2D eigenvalue weighted by Gasteiger charge is 2.30. The quantitative estimate of drug-likeness (QED) is 0.0222. The van der Waals surface area contributed by atoms with Gasteiger partial charge in [0.05, 0.1) is 26.4 Å². The van der Waals surface area contributed by atoms with Gasteiger partial charge in [-0.15, -0.1) is 0 Å². The van der Waals surface area contributed by atoms with E-state index in [-0.39, 0.29) is 25.7 Å². The fourth-order valence-electron chi connectivity index (χ4n) is 12.7.